The lowest BCUT2D eigenvalue weighted by Gasteiger charge is -2.23. The maximum atomic E-state index is 14.2. The molecule has 7 nitrogen and oxygen atoms in total. The van der Waals surface area contributed by atoms with E-state index in [4.69, 9.17) is 14.2 Å². The first-order valence-electron chi connectivity index (χ1n) is 11.3. The van der Waals surface area contributed by atoms with Gasteiger partial charge in [0.15, 0.2) is 11.6 Å². The molecule has 0 saturated carbocycles. The molecule has 33 heavy (non-hydrogen) atoms. The second-order valence-electron chi connectivity index (χ2n) is 8.22. The topological polar surface area (TPSA) is 77.5 Å². The van der Waals surface area contributed by atoms with Gasteiger partial charge >= 0.3 is 0 Å². The van der Waals surface area contributed by atoms with E-state index in [1.165, 1.54) is 6.07 Å². The number of hydrogen-bond acceptors (Lipinski definition) is 7. The maximum Gasteiger partial charge on any atom is 0.227 e. The minimum Gasteiger partial charge on any atom is -0.490 e. The maximum absolute atomic E-state index is 14.2. The molecule has 0 aliphatic carbocycles. The van der Waals surface area contributed by atoms with E-state index in [2.05, 4.69) is 20.6 Å². The zero-order valence-electron chi connectivity index (χ0n) is 18.3. The molecule has 1 unspecified atom stereocenters. The van der Waals surface area contributed by atoms with Gasteiger partial charge in [-0.15, -0.1) is 0 Å². The average Bonchev–Trinajstić information content (AvgIpc) is 3.36. The van der Waals surface area contributed by atoms with E-state index in [1.54, 1.807) is 18.3 Å². The van der Waals surface area contributed by atoms with Gasteiger partial charge in [0.25, 0.3) is 0 Å². The van der Waals surface area contributed by atoms with Crippen LogP contribution in [0.3, 0.4) is 0 Å². The number of halogens is 1. The molecule has 1 aromatic heterocycles. The van der Waals surface area contributed by atoms with Crippen LogP contribution in [-0.4, -0.2) is 48.5 Å². The third-order valence-electron chi connectivity index (χ3n) is 5.77. The molecule has 3 heterocycles. The fourth-order valence-corrected chi connectivity index (χ4v) is 3.98. The molecule has 3 aromatic rings. The van der Waals surface area contributed by atoms with Crippen LogP contribution in [0.2, 0.25) is 0 Å². The summed E-state index contributed by atoms with van der Waals surface area (Å²) in [6, 6.07) is 14.4. The number of nitrogens with zero attached hydrogens (tertiary/aromatic N) is 2. The molecule has 2 aliphatic rings. The zero-order chi connectivity index (χ0) is 22.5. The van der Waals surface area contributed by atoms with E-state index < -0.39 is 0 Å². The Balaban J connectivity index is 1.26. The molecule has 0 amide bonds. The molecule has 0 spiro atoms. The summed E-state index contributed by atoms with van der Waals surface area (Å²) in [5, 5.41) is 6.37. The summed E-state index contributed by atoms with van der Waals surface area (Å²) < 4.78 is 31.4. The predicted molar refractivity (Wildman–Crippen MR) is 124 cm³/mol. The van der Waals surface area contributed by atoms with E-state index in [1.807, 2.05) is 30.3 Å². The highest BCUT2D eigenvalue weighted by molar-refractivity contribution is 5.63. The Morgan fingerprint density at radius 3 is 2.61 bits per heavy atom. The van der Waals surface area contributed by atoms with Crippen LogP contribution in [0.5, 0.6) is 11.5 Å². The van der Waals surface area contributed by atoms with Gasteiger partial charge in [0.1, 0.15) is 18.0 Å². The van der Waals surface area contributed by atoms with E-state index in [0.717, 1.165) is 62.6 Å². The number of hydrogen-bond donors (Lipinski definition) is 2. The van der Waals surface area contributed by atoms with Crippen LogP contribution in [0.4, 0.5) is 16.0 Å². The summed E-state index contributed by atoms with van der Waals surface area (Å²) >= 11 is 0. The highest BCUT2D eigenvalue weighted by Gasteiger charge is 2.18. The Morgan fingerprint density at radius 2 is 1.82 bits per heavy atom. The second kappa shape index (κ2) is 10.1. The first-order valence-corrected chi connectivity index (χ1v) is 11.3. The summed E-state index contributed by atoms with van der Waals surface area (Å²) in [7, 11) is 0. The van der Waals surface area contributed by atoms with Crippen LogP contribution in [0, 0.1) is 5.82 Å². The summed E-state index contributed by atoms with van der Waals surface area (Å²) in [4.78, 5) is 8.92. The fraction of sp³-hybridized carbons (Fsp3) is 0.360. The molecule has 2 aliphatic heterocycles. The third kappa shape index (κ3) is 5.58. The van der Waals surface area contributed by atoms with Crippen LogP contribution < -0.4 is 20.1 Å². The van der Waals surface area contributed by atoms with Crippen LogP contribution in [0.25, 0.3) is 11.3 Å². The molecule has 1 atom stereocenters. The van der Waals surface area contributed by atoms with E-state index in [-0.39, 0.29) is 23.8 Å². The Hall–Kier alpha value is -3.23. The number of aromatic nitrogens is 2. The largest absolute Gasteiger partial charge is 0.490 e. The van der Waals surface area contributed by atoms with Gasteiger partial charge in [-0.1, -0.05) is 0 Å². The Kier molecular flexibility index (Phi) is 6.64. The van der Waals surface area contributed by atoms with Crippen molar-refractivity contribution in [2.45, 2.75) is 31.5 Å². The van der Waals surface area contributed by atoms with Gasteiger partial charge in [-0.05, 0) is 55.4 Å². The molecule has 2 N–H and O–H groups in total. The second-order valence-corrected chi connectivity index (χ2v) is 8.22. The highest BCUT2D eigenvalue weighted by atomic mass is 19.1. The summed E-state index contributed by atoms with van der Waals surface area (Å²) in [5.74, 6) is 1.11. The number of anilines is 2. The quantitative estimate of drug-likeness (QED) is 0.555. The molecule has 0 bridgehead atoms. The minimum absolute atomic E-state index is 0.0206. The van der Waals surface area contributed by atoms with Gasteiger partial charge in [-0.2, -0.15) is 0 Å². The minimum atomic E-state index is -0.384. The molecule has 8 heteroatoms. The number of rotatable bonds is 7. The molecular weight excluding hydrogens is 423 g/mol. The van der Waals surface area contributed by atoms with Gasteiger partial charge < -0.3 is 24.8 Å². The van der Waals surface area contributed by atoms with Crippen molar-refractivity contribution < 1.29 is 18.6 Å². The highest BCUT2D eigenvalue weighted by Crippen LogP contribution is 2.27. The standard InChI is InChI=1S/C25H27FN4O3/c26-22-6-3-18(15-24(22)33-21-7-11-27-16-21)29-25-28-12-8-23(30-25)17-1-4-19(5-2-17)32-20-9-13-31-14-10-20/h1-6,8,12,15,20-21,27H,7,9-11,13-14,16H2,(H,28,29,30). The first-order chi connectivity index (χ1) is 16.2. The molecule has 5 rings (SSSR count). The molecule has 2 saturated heterocycles. The summed E-state index contributed by atoms with van der Waals surface area (Å²) in [6.07, 6.45) is 4.57. The monoisotopic (exact) mass is 450 g/mol. The lowest BCUT2D eigenvalue weighted by molar-refractivity contribution is 0.0256. The third-order valence-corrected chi connectivity index (χ3v) is 5.77. The number of ether oxygens (including phenoxy) is 3. The first kappa shape index (κ1) is 21.6. The normalized spacial score (nSPS) is 18.8. The van der Waals surface area contributed by atoms with Crippen LogP contribution in [0.1, 0.15) is 19.3 Å². The molecular formula is C25H27FN4O3. The van der Waals surface area contributed by atoms with Crippen LogP contribution >= 0.6 is 0 Å². The molecule has 172 valence electrons. The zero-order valence-corrected chi connectivity index (χ0v) is 18.3. The average molecular weight is 451 g/mol. The van der Waals surface area contributed by atoms with Crippen molar-refractivity contribution in [1.82, 2.24) is 15.3 Å². The van der Waals surface area contributed by atoms with Crippen molar-refractivity contribution in [2.75, 3.05) is 31.6 Å². The number of benzene rings is 2. The fourth-order valence-electron chi connectivity index (χ4n) is 3.98. The smallest absolute Gasteiger partial charge is 0.227 e. The van der Waals surface area contributed by atoms with Crippen molar-refractivity contribution in [2.24, 2.45) is 0 Å². The van der Waals surface area contributed by atoms with E-state index >= 15 is 0 Å². The van der Waals surface area contributed by atoms with E-state index in [0.29, 0.717) is 11.6 Å². The van der Waals surface area contributed by atoms with Gasteiger partial charge in [-0.25, -0.2) is 14.4 Å². The Bertz CT molecular complexity index is 1070. The lowest BCUT2D eigenvalue weighted by Crippen LogP contribution is -2.25. The van der Waals surface area contributed by atoms with Crippen molar-refractivity contribution >= 4 is 11.6 Å². The molecule has 2 fully saturated rings. The number of nitrogens with one attached hydrogen (secondary N) is 2. The van der Waals surface area contributed by atoms with Crippen molar-refractivity contribution in [3.05, 3.63) is 60.5 Å². The van der Waals surface area contributed by atoms with Crippen LogP contribution in [-0.2, 0) is 4.74 Å². The van der Waals surface area contributed by atoms with Gasteiger partial charge in [0.05, 0.1) is 18.9 Å². The summed E-state index contributed by atoms with van der Waals surface area (Å²) in [5.41, 5.74) is 2.40. The Labute approximate surface area is 192 Å². The van der Waals surface area contributed by atoms with Gasteiger partial charge in [-0.3, -0.25) is 0 Å². The molecule has 2 aromatic carbocycles. The van der Waals surface area contributed by atoms with Crippen molar-refractivity contribution in [1.29, 1.82) is 0 Å². The van der Waals surface area contributed by atoms with Gasteiger partial charge in [0, 0.05) is 42.9 Å². The van der Waals surface area contributed by atoms with Crippen LogP contribution in [0.15, 0.2) is 54.7 Å². The predicted octanol–water partition coefficient (Wildman–Crippen LogP) is 4.32. The Morgan fingerprint density at radius 1 is 0.970 bits per heavy atom. The van der Waals surface area contributed by atoms with Gasteiger partial charge in [0.2, 0.25) is 5.95 Å². The lowest BCUT2D eigenvalue weighted by atomic mass is 10.1. The van der Waals surface area contributed by atoms with E-state index in [9.17, 15) is 4.39 Å². The SMILES string of the molecule is Fc1ccc(Nc2nccc(-c3ccc(OC4CCOCC4)cc3)n2)cc1OC1CCNC1. The summed E-state index contributed by atoms with van der Waals surface area (Å²) in [6.45, 7) is 3.10. The van der Waals surface area contributed by atoms with Crippen molar-refractivity contribution in [3.8, 4) is 22.8 Å². The molecule has 0 radical (unpaired) electrons. The van der Waals surface area contributed by atoms with Crippen molar-refractivity contribution in [3.63, 3.8) is 0 Å².